The van der Waals surface area contributed by atoms with Gasteiger partial charge in [0, 0.05) is 42.3 Å². The lowest BCUT2D eigenvalue weighted by Gasteiger charge is -2.44. The molecule has 35 heavy (non-hydrogen) atoms. The lowest BCUT2D eigenvalue weighted by Crippen LogP contribution is -2.58. The molecule has 0 spiro atoms. The SMILES string of the molecule is CC1CN(C(=O)COc2ccc(Cl)cc2CC(=O)NS(N)(=O)=O)C(C)CN1Cc1ccc(F)cc1. The molecule has 1 aliphatic heterocycles. The molecule has 2 unspecified atom stereocenters. The number of amides is 2. The average Bonchev–Trinajstić information content (AvgIpc) is 2.75. The molecule has 3 rings (SSSR count). The van der Waals surface area contributed by atoms with Crippen LogP contribution in [0.15, 0.2) is 42.5 Å². The summed E-state index contributed by atoms with van der Waals surface area (Å²) in [5, 5.41) is 5.16. The van der Waals surface area contributed by atoms with E-state index in [4.69, 9.17) is 21.5 Å². The standard InChI is InChI=1S/C23H28ClFN4O5S/c1-15-12-29(16(2)11-28(15)13-17-3-6-20(25)7-4-17)23(31)14-34-21-8-5-19(24)9-18(21)10-22(30)27-35(26,32)33/h3-9,15-16H,10-14H2,1-2H3,(H,27,30)(H2,26,32,33). The molecule has 9 nitrogen and oxygen atoms in total. The van der Waals surface area contributed by atoms with E-state index in [9.17, 15) is 22.4 Å². The van der Waals surface area contributed by atoms with Gasteiger partial charge in [-0.2, -0.15) is 8.42 Å². The monoisotopic (exact) mass is 526 g/mol. The molecule has 2 amide bonds. The summed E-state index contributed by atoms with van der Waals surface area (Å²) < 4.78 is 42.7. The molecule has 1 aliphatic rings. The van der Waals surface area contributed by atoms with Gasteiger partial charge in [0.2, 0.25) is 5.91 Å². The van der Waals surface area contributed by atoms with Crippen molar-refractivity contribution in [3.05, 3.63) is 64.4 Å². The van der Waals surface area contributed by atoms with Crippen LogP contribution in [0.5, 0.6) is 5.75 Å². The number of benzene rings is 2. The zero-order chi connectivity index (χ0) is 25.8. The first-order valence-electron chi connectivity index (χ1n) is 10.9. The Morgan fingerprint density at radius 2 is 1.83 bits per heavy atom. The number of hydrogen-bond acceptors (Lipinski definition) is 6. The number of nitrogens with zero attached hydrogens (tertiary/aromatic N) is 2. The van der Waals surface area contributed by atoms with Crippen molar-refractivity contribution >= 4 is 33.6 Å². The molecule has 0 aromatic heterocycles. The van der Waals surface area contributed by atoms with Gasteiger partial charge >= 0.3 is 0 Å². The maximum absolute atomic E-state index is 13.2. The predicted octanol–water partition coefficient (Wildman–Crippen LogP) is 1.84. The predicted molar refractivity (Wildman–Crippen MR) is 129 cm³/mol. The Labute approximate surface area is 209 Å². The quantitative estimate of drug-likeness (QED) is 0.541. The van der Waals surface area contributed by atoms with E-state index in [-0.39, 0.29) is 42.6 Å². The number of piperazine rings is 1. The molecule has 2 atom stereocenters. The fourth-order valence-corrected chi connectivity index (χ4v) is 4.59. The first kappa shape index (κ1) is 26.9. The van der Waals surface area contributed by atoms with Gasteiger partial charge in [-0.15, -0.1) is 0 Å². The molecular formula is C23H28ClFN4O5S. The highest BCUT2D eigenvalue weighted by molar-refractivity contribution is 7.87. The molecule has 0 saturated carbocycles. The molecule has 190 valence electrons. The van der Waals surface area contributed by atoms with Crippen LogP contribution in [0.1, 0.15) is 25.0 Å². The molecular weight excluding hydrogens is 499 g/mol. The number of carbonyl (C=O) groups excluding carboxylic acids is 2. The van der Waals surface area contributed by atoms with Crippen LogP contribution in [0.2, 0.25) is 5.02 Å². The number of carbonyl (C=O) groups is 2. The molecule has 0 bridgehead atoms. The number of rotatable bonds is 8. The van der Waals surface area contributed by atoms with Crippen LogP contribution in [-0.4, -0.2) is 61.8 Å². The third-order valence-electron chi connectivity index (χ3n) is 5.72. The Morgan fingerprint density at radius 3 is 2.49 bits per heavy atom. The highest BCUT2D eigenvalue weighted by atomic mass is 35.5. The van der Waals surface area contributed by atoms with E-state index in [1.54, 1.807) is 27.8 Å². The van der Waals surface area contributed by atoms with Crippen molar-refractivity contribution < 1.29 is 27.1 Å². The molecule has 0 radical (unpaired) electrons. The molecule has 2 aromatic carbocycles. The minimum atomic E-state index is -4.20. The summed E-state index contributed by atoms with van der Waals surface area (Å²) in [6.07, 6.45) is -0.351. The summed E-state index contributed by atoms with van der Waals surface area (Å²) in [5.74, 6) is -1.12. The summed E-state index contributed by atoms with van der Waals surface area (Å²) >= 11 is 6.00. The van der Waals surface area contributed by atoms with Crippen LogP contribution in [0.4, 0.5) is 4.39 Å². The van der Waals surface area contributed by atoms with E-state index in [2.05, 4.69) is 4.90 Å². The molecule has 1 saturated heterocycles. The zero-order valence-corrected chi connectivity index (χ0v) is 21.0. The normalized spacial score (nSPS) is 18.8. The van der Waals surface area contributed by atoms with E-state index >= 15 is 0 Å². The third-order valence-corrected chi connectivity index (χ3v) is 6.46. The lowest BCUT2D eigenvalue weighted by atomic mass is 10.1. The highest BCUT2D eigenvalue weighted by Crippen LogP contribution is 2.24. The Bertz CT molecular complexity index is 1180. The van der Waals surface area contributed by atoms with Crippen molar-refractivity contribution in [1.82, 2.24) is 14.5 Å². The fraction of sp³-hybridized carbons (Fsp3) is 0.391. The van der Waals surface area contributed by atoms with Crippen molar-refractivity contribution in [3.63, 3.8) is 0 Å². The summed E-state index contributed by atoms with van der Waals surface area (Å²) in [5.41, 5.74) is 1.31. The Kier molecular flexibility index (Phi) is 8.70. The first-order chi connectivity index (χ1) is 16.4. The summed E-state index contributed by atoms with van der Waals surface area (Å²) in [4.78, 5) is 28.9. The fourth-order valence-electron chi connectivity index (χ4n) is 4.01. The van der Waals surface area contributed by atoms with Crippen molar-refractivity contribution in [2.45, 2.75) is 38.9 Å². The van der Waals surface area contributed by atoms with Crippen molar-refractivity contribution in [2.24, 2.45) is 5.14 Å². The number of hydrogen-bond donors (Lipinski definition) is 2. The topological polar surface area (TPSA) is 122 Å². The Balaban J connectivity index is 1.60. The molecule has 1 fully saturated rings. The van der Waals surface area contributed by atoms with E-state index in [1.807, 2.05) is 13.8 Å². The summed E-state index contributed by atoms with van der Waals surface area (Å²) in [6, 6.07) is 10.9. The number of halogens is 2. The average molecular weight is 527 g/mol. The van der Waals surface area contributed by atoms with Gasteiger partial charge in [0.25, 0.3) is 16.1 Å². The van der Waals surface area contributed by atoms with Crippen LogP contribution >= 0.6 is 11.6 Å². The van der Waals surface area contributed by atoms with Crippen LogP contribution < -0.4 is 14.6 Å². The van der Waals surface area contributed by atoms with Crippen LogP contribution in [-0.2, 0) is 32.8 Å². The van der Waals surface area contributed by atoms with Crippen molar-refractivity contribution in [2.75, 3.05) is 19.7 Å². The molecule has 0 aliphatic carbocycles. The van der Waals surface area contributed by atoms with Gasteiger partial charge in [-0.3, -0.25) is 14.5 Å². The maximum Gasteiger partial charge on any atom is 0.298 e. The zero-order valence-electron chi connectivity index (χ0n) is 19.4. The van der Waals surface area contributed by atoms with E-state index in [0.29, 0.717) is 30.2 Å². The van der Waals surface area contributed by atoms with Crippen LogP contribution in [0.3, 0.4) is 0 Å². The van der Waals surface area contributed by atoms with E-state index in [1.165, 1.54) is 24.3 Å². The lowest BCUT2D eigenvalue weighted by molar-refractivity contribution is -0.139. The van der Waals surface area contributed by atoms with E-state index in [0.717, 1.165) is 5.56 Å². The second kappa shape index (κ2) is 11.3. The van der Waals surface area contributed by atoms with Gasteiger partial charge in [0.1, 0.15) is 11.6 Å². The summed E-state index contributed by atoms with van der Waals surface area (Å²) in [7, 11) is -4.20. The molecule has 3 N–H and O–H groups in total. The number of nitrogens with one attached hydrogen (secondary N) is 1. The highest BCUT2D eigenvalue weighted by Gasteiger charge is 2.32. The number of ether oxygens (including phenoxy) is 1. The minimum Gasteiger partial charge on any atom is -0.483 e. The molecule has 12 heteroatoms. The van der Waals surface area contributed by atoms with Gasteiger partial charge in [0.15, 0.2) is 6.61 Å². The molecule has 2 aromatic rings. The first-order valence-corrected chi connectivity index (χ1v) is 12.9. The Morgan fingerprint density at radius 1 is 1.14 bits per heavy atom. The second-order valence-corrected chi connectivity index (χ2v) is 10.3. The van der Waals surface area contributed by atoms with Crippen LogP contribution in [0.25, 0.3) is 0 Å². The smallest absolute Gasteiger partial charge is 0.298 e. The molecule has 1 heterocycles. The largest absolute Gasteiger partial charge is 0.483 e. The van der Waals surface area contributed by atoms with Gasteiger partial charge in [-0.25, -0.2) is 14.3 Å². The van der Waals surface area contributed by atoms with Crippen molar-refractivity contribution in [3.8, 4) is 5.75 Å². The number of nitrogens with two attached hydrogens (primary N) is 1. The van der Waals surface area contributed by atoms with E-state index < -0.39 is 16.1 Å². The Hall–Kier alpha value is -2.73. The second-order valence-electron chi connectivity index (χ2n) is 8.59. The van der Waals surface area contributed by atoms with Gasteiger partial charge in [0.05, 0.1) is 6.42 Å². The van der Waals surface area contributed by atoms with Crippen molar-refractivity contribution in [1.29, 1.82) is 0 Å². The maximum atomic E-state index is 13.2. The minimum absolute atomic E-state index is 0.0759. The van der Waals surface area contributed by atoms with Gasteiger partial charge in [-0.1, -0.05) is 23.7 Å². The van der Waals surface area contributed by atoms with Crippen LogP contribution in [0, 0.1) is 5.82 Å². The summed E-state index contributed by atoms with van der Waals surface area (Å²) in [6.45, 7) is 5.50. The third kappa shape index (κ3) is 7.89. The van der Waals surface area contributed by atoms with Gasteiger partial charge in [-0.05, 0) is 49.7 Å². The van der Waals surface area contributed by atoms with Gasteiger partial charge < -0.3 is 9.64 Å².